The largest absolute Gasteiger partial charge is 0.496 e. The molecule has 0 unspecified atom stereocenters. The van der Waals surface area contributed by atoms with E-state index < -0.39 is 0 Å². The molecule has 0 amide bonds. The molecule has 0 N–H and O–H groups in total. The lowest BCUT2D eigenvalue weighted by molar-refractivity contribution is 0.393. The first-order chi connectivity index (χ1) is 7.63. The summed E-state index contributed by atoms with van der Waals surface area (Å²) in [4.78, 5) is 0. The van der Waals surface area contributed by atoms with E-state index in [1.165, 1.54) is 5.56 Å². The molecule has 0 bridgehead atoms. The smallest absolute Gasteiger partial charge is 0.141 e. The predicted octanol–water partition coefficient (Wildman–Crippen LogP) is 3.28. The maximum atomic E-state index is 5.36. The van der Waals surface area contributed by atoms with E-state index in [9.17, 15) is 0 Å². The molecule has 0 spiro atoms. The molecule has 0 aliphatic heterocycles. The fraction of sp³-hybridized carbons (Fsp3) is 0.308. The van der Waals surface area contributed by atoms with Gasteiger partial charge in [0, 0.05) is 5.56 Å². The second-order valence-corrected chi connectivity index (χ2v) is 3.90. The summed E-state index contributed by atoms with van der Waals surface area (Å²) < 4.78 is 10.5. The van der Waals surface area contributed by atoms with E-state index in [1.54, 1.807) is 7.11 Å². The SMILES string of the molecule is COc1ccc(C)cc1-c1c(C)noc1C. The summed E-state index contributed by atoms with van der Waals surface area (Å²) in [7, 11) is 1.67. The van der Waals surface area contributed by atoms with Gasteiger partial charge in [0.15, 0.2) is 0 Å². The summed E-state index contributed by atoms with van der Waals surface area (Å²) in [5, 5.41) is 3.97. The first kappa shape index (κ1) is 10.7. The van der Waals surface area contributed by atoms with Crippen molar-refractivity contribution in [2.75, 3.05) is 7.11 Å². The maximum absolute atomic E-state index is 5.36. The summed E-state index contributed by atoms with van der Waals surface area (Å²) in [5.74, 6) is 1.67. The summed E-state index contributed by atoms with van der Waals surface area (Å²) >= 11 is 0. The highest BCUT2D eigenvalue weighted by atomic mass is 16.5. The van der Waals surface area contributed by atoms with E-state index in [0.717, 1.165) is 28.3 Å². The van der Waals surface area contributed by atoms with E-state index in [4.69, 9.17) is 9.26 Å². The number of rotatable bonds is 2. The Hall–Kier alpha value is -1.77. The van der Waals surface area contributed by atoms with Gasteiger partial charge in [0.1, 0.15) is 11.5 Å². The van der Waals surface area contributed by atoms with Gasteiger partial charge in [0.2, 0.25) is 0 Å². The van der Waals surface area contributed by atoms with Crippen molar-refractivity contribution in [1.29, 1.82) is 0 Å². The zero-order valence-corrected chi connectivity index (χ0v) is 10.00. The van der Waals surface area contributed by atoms with E-state index >= 15 is 0 Å². The van der Waals surface area contributed by atoms with Gasteiger partial charge in [-0.05, 0) is 32.9 Å². The third kappa shape index (κ3) is 1.69. The Morgan fingerprint density at radius 3 is 2.50 bits per heavy atom. The fourth-order valence-electron chi connectivity index (χ4n) is 1.88. The average molecular weight is 217 g/mol. The van der Waals surface area contributed by atoms with Crippen molar-refractivity contribution < 1.29 is 9.26 Å². The van der Waals surface area contributed by atoms with E-state index in [0.29, 0.717) is 0 Å². The quantitative estimate of drug-likeness (QED) is 0.774. The molecule has 16 heavy (non-hydrogen) atoms. The lowest BCUT2D eigenvalue weighted by Gasteiger charge is -2.08. The number of aromatic nitrogens is 1. The Kier molecular flexibility index (Phi) is 2.69. The molecule has 3 heteroatoms. The van der Waals surface area contributed by atoms with Gasteiger partial charge in [-0.3, -0.25) is 0 Å². The highest BCUT2D eigenvalue weighted by Gasteiger charge is 2.15. The Labute approximate surface area is 95.0 Å². The van der Waals surface area contributed by atoms with Crippen LogP contribution in [0.25, 0.3) is 11.1 Å². The van der Waals surface area contributed by atoms with E-state index in [-0.39, 0.29) is 0 Å². The van der Waals surface area contributed by atoms with Crippen molar-refractivity contribution >= 4 is 0 Å². The molecular weight excluding hydrogens is 202 g/mol. The second-order valence-electron chi connectivity index (χ2n) is 3.90. The highest BCUT2D eigenvalue weighted by molar-refractivity contribution is 5.74. The van der Waals surface area contributed by atoms with Crippen LogP contribution in [0.2, 0.25) is 0 Å². The molecular formula is C13H15NO2. The number of methoxy groups -OCH3 is 1. The zero-order chi connectivity index (χ0) is 11.7. The van der Waals surface area contributed by atoms with E-state index in [2.05, 4.69) is 18.1 Å². The summed E-state index contributed by atoms with van der Waals surface area (Å²) in [6.07, 6.45) is 0. The number of benzene rings is 1. The van der Waals surface area contributed by atoms with Crippen molar-refractivity contribution in [2.24, 2.45) is 0 Å². The molecule has 3 nitrogen and oxygen atoms in total. The van der Waals surface area contributed by atoms with Crippen LogP contribution in [0.15, 0.2) is 22.7 Å². The molecule has 0 radical (unpaired) electrons. The Morgan fingerprint density at radius 1 is 1.19 bits per heavy atom. The molecule has 1 aromatic carbocycles. The van der Waals surface area contributed by atoms with Crippen LogP contribution in [0.3, 0.4) is 0 Å². The van der Waals surface area contributed by atoms with Gasteiger partial charge in [0.05, 0.1) is 18.4 Å². The Balaban J connectivity index is 2.67. The van der Waals surface area contributed by atoms with Gasteiger partial charge in [-0.25, -0.2) is 0 Å². The Morgan fingerprint density at radius 2 is 1.94 bits per heavy atom. The predicted molar refractivity (Wildman–Crippen MR) is 62.7 cm³/mol. The standard InChI is InChI=1S/C13H15NO2/c1-8-5-6-12(15-4)11(7-8)13-9(2)14-16-10(13)3/h5-7H,1-4H3. The molecule has 1 heterocycles. The lowest BCUT2D eigenvalue weighted by atomic mass is 10.0. The summed E-state index contributed by atoms with van der Waals surface area (Å²) in [6, 6.07) is 6.09. The van der Waals surface area contributed by atoms with Gasteiger partial charge in [0.25, 0.3) is 0 Å². The second kappa shape index (κ2) is 4.00. The fourth-order valence-corrected chi connectivity index (χ4v) is 1.88. The van der Waals surface area contributed by atoms with Crippen LogP contribution in [0, 0.1) is 20.8 Å². The highest BCUT2D eigenvalue weighted by Crippen LogP contribution is 2.34. The van der Waals surface area contributed by atoms with Gasteiger partial charge in [-0.15, -0.1) is 0 Å². The molecule has 2 aromatic rings. The molecule has 0 saturated heterocycles. The van der Waals surface area contributed by atoms with Gasteiger partial charge >= 0.3 is 0 Å². The molecule has 0 saturated carbocycles. The maximum Gasteiger partial charge on any atom is 0.141 e. The molecule has 0 atom stereocenters. The van der Waals surface area contributed by atoms with Crippen molar-refractivity contribution in [1.82, 2.24) is 5.16 Å². The van der Waals surface area contributed by atoms with Crippen LogP contribution in [0.5, 0.6) is 5.75 Å². The third-order valence-corrected chi connectivity index (χ3v) is 2.66. The number of nitrogens with zero attached hydrogens (tertiary/aromatic N) is 1. The number of ether oxygens (including phenoxy) is 1. The topological polar surface area (TPSA) is 35.3 Å². The van der Waals surface area contributed by atoms with Gasteiger partial charge in [-0.1, -0.05) is 16.8 Å². The zero-order valence-electron chi connectivity index (χ0n) is 10.00. The molecule has 0 aliphatic rings. The first-order valence-electron chi connectivity index (χ1n) is 5.21. The number of aryl methyl sites for hydroxylation is 3. The van der Waals surface area contributed by atoms with Crippen LogP contribution >= 0.6 is 0 Å². The van der Waals surface area contributed by atoms with Crippen LogP contribution in [-0.2, 0) is 0 Å². The minimum atomic E-state index is 0.821. The Bertz CT molecular complexity index is 495. The van der Waals surface area contributed by atoms with Crippen molar-refractivity contribution in [3.63, 3.8) is 0 Å². The normalized spacial score (nSPS) is 10.5. The first-order valence-corrected chi connectivity index (χ1v) is 5.21. The minimum Gasteiger partial charge on any atom is -0.496 e. The number of hydrogen-bond acceptors (Lipinski definition) is 3. The average Bonchev–Trinajstić information content (AvgIpc) is 2.58. The van der Waals surface area contributed by atoms with Crippen LogP contribution in [-0.4, -0.2) is 12.3 Å². The van der Waals surface area contributed by atoms with E-state index in [1.807, 2.05) is 26.0 Å². The van der Waals surface area contributed by atoms with Crippen molar-refractivity contribution in [2.45, 2.75) is 20.8 Å². The monoisotopic (exact) mass is 217 g/mol. The molecule has 1 aromatic heterocycles. The van der Waals surface area contributed by atoms with Gasteiger partial charge in [-0.2, -0.15) is 0 Å². The van der Waals surface area contributed by atoms with Crippen LogP contribution in [0.1, 0.15) is 17.0 Å². The minimum absolute atomic E-state index is 0.821. The summed E-state index contributed by atoms with van der Waals surface area (Å²) in [5.41, 5.74) is 4.15. The third-order valence-electron chi connectivity index (χ3n) is 2.66. The summed E-state index contributed by atoms with van der Waals surface area (Å²) in [6.45, 7) is 5.91. The molecule has 2 rings (SSSR count). The number of hydrogen-bond donors (Lipinski definition) is 0. The molecule has 0 aliphatic carbocycles. The van der Waals surface area contributed by atoms with Crippen molar-refractivity contribution in [3.8, 4) is 16.9 Å². The molecule has 84 valence electrons. The van der Waals surface area contributed by atoms with Crippen LogP contribution < -0.4 is 4.74 Å². The van der Waals surface area contributed by atoms with Crippen LogP contribution in [0.4, 0.5) is 0 Å². The molecule has 0 fully saturated rings. The lowest BCUT2D eigenvalue weighted by Crippen LogP contribution is -1.90. The van der Waals surface area contributed by atoms with Crippen molar-refractivity contribution in [3.05, 3.63) is 35.2 Å². The van der Waals surface area contributed by atoms with Gasteiger partial charge < -0.3 is 9.26 Å².